The summed E-state index contributed by atoms with van der Waals surface area (Å²) in [6.45, 7) is 1.90. The molecule has 4 rings (SSSR count). The zero-order valence-corrected chi connectivity index (χ0v) is 22.2. The predicted octanol–water partition coefficient (Wildman–Crippen LogP) is 3.75. The van der Waals surface area contributed by atoms with Crippen molar-refractivity contribution >= 4 is 29.2 Å². The average molecular weight is 586 g/mol. The van der Waals surface area contributed by atoms with Gasteiger partial charge in [-0.1, -0.05) is 35.3 Å². The molecule has 4 aromatic rings. The normalized spacial score (nSPS) is 13.1. The van der Waals surface area contributed by atoms with Crippen molar-refractivity contribution in [1.82, 2.24) is 29.1 Å². The molecule has 0 amide bonds. The first-order valence-corrected chi connectivity index (χ1v) is 12.3. The van der Waals surface area contributed by atoms with Crippen LogP contribution in [0.3, 0.4) is 0 Å². The molecular weight excluding hydrogens is 562 g/mol. The van der Waals surface area contributed by atoms with Crippen molar-refractivity contribution in [1.29, 1.82) is 0 Å². The smallest absolute Gasteiger partial charge is 0.389 e. The van der Waals surface area contributed by atoms with Gasteiger partial charge in [0.05, 0.1) is 22.9 Å². The Morgan fingerprint density at radius 1 is 1.05 bits per heavy atom. The van der Waals surface area contributed by atoms with E-state index in [4.69, 9.17) is 23.2 Å². The second-order valence-electron chi connectivity index (χ2n) is 9.32. The van der Waals surface area contributed by atoms with Crippen molar-refractivity contribution in [2.75, 3.05) is 11.9 Å². The first-order chi connectivity index (χ1) is 18.2. The Morgan fingerprint density at radius 3 is 2.33 bits per heavy atom. The number of nitrogens with zero attached hydrogens (tertiary/aromatic N) is 6. The zero-order valence-electron chi connectivity index (χ0n) is 20.7. The Hall–Kier alpha value is -3.39. The van der Waals surface area contributed by atoms with Crippen LogP contribution < -0.4 is 11.0 Å². The summed E-state index contributed by atoms with van der Waals surface area (Å²) in [5.41, 5.74) is -1.24. The zero-order chi connectivity index (χ0) is 28.5. The number of anilines is 1. The molecule has 3 N–H and O–H groups in total. The predicted molar refractivity (Wildman–Crippen MR) is 139 cm³/mol. The van der Waals surface area contributed by atoms with Gasteiger partial charge < -0.3 is 15.5 Å². The van der Waals surface area contributed by atoms with E-state index in [0.717, 1.165) is 9.25 Å². The maximum atomic E-state index is 13.2. The van der Waals surface area contributed by atoms with E-state index in [0.29, 0.717) is 21.3 Å². The molecule has 2 aromatic carbocycles. The number of benzene rings is 2. The number of alkyl halides is 3. The second kappa shape index (κ2) is 11.0. The van der Waals surface area contributed by atoms with Crippen molar-refractivity contribution < 1.29 is 23.4 Å². The third-order valence-corrected chi connectivity index (χ3v) is 6.03. The van der Waals surface area contributed by atoms with Crippen molar-refractivity contribution in [3.8, 4) is 17.1 Å². The van der Waals surface area contributed by atoms with E-state index >= 15 is 0 Å². The number of aromatic nitrogens is 6. The highest BCUT2D eigenvalue weighted by atomic mass is 35.5. The molecule has 0 aliphatic rings. The van der Waals surface area contributed by atoms with Crippen molar-refractivity contribution in [2.24, 2.45) is 0 Å². The van der Waals surface area contributed by atoms with Crippen molar-refractivity contribution in [2.45, 2.75) is 44.8 Å². The van der Waals surface area contributed by atoms with Crippen LogP contribution in [-0.2, 0) is 13.1 Å². The van der Waals surface area contributed by atoms with Crippen molar-refractivity contribution in [3.05, 3.63) is 74.9 Å². The van der Waals surface area contributed by atoms with Gasteiger partial charge in [0.25, 0.3) is 0 Å². The van der Waals surface area contributed by atoms with Gasteiger partial charge in [-0.25, -0.2) is 9.48 Å². The molecule has 10 nitrogen and oxygen atoms in total. The molecule has 0 spiro atoms. The van der Waals surface area contributed by atoms with Gasteiger partial charge in [0, 0.05) is 17.1 Å². The van der Waals surface area contributed by atoms with Gasteiger partial charge >= 0.3 is 11.9 Å². The SMILES string of the molecule is CC(C)(O)CNc1nc(Cn2nc(-c3ccc(Cl)cc3)n(C[C@H](O)C(F)(F)F)c2=O)nn1-c1ccccc1Cl. The van der Waals surface area contributed by atoms with Gasteiger partial charge in [-0.3, -0.25) is 4.57 Å². The summed E-state index contributed by atoms with van der Waals surface area (Å²) in [4.78, 5) is 17.6. The molecule has 0 fully saturated rings. The van der Waals surface area contributed by atoms with Crippen LogP contribution in [0.5, 0.6) is 0 Å². The maximum absolute atomic E-state index is 13.2. The minimum Gasteiger partial charge on any atom is -0.389 e. The van der Waals surface area contributed by atoms with E-state index in [2.05, 4.69) is 20.5 Å². The first-order valence-electron chi connectivity index (χ1n) is 11.6. The largest absolute Gasteiger partial charge is 0.416 e. The van der Waals surface area contributed by atoms with E-state index in [1.807, 2.05) is 0 Å². The molecular formula is C24H24Cl2F3N7O3. The molecule has 2 heterocycles. The third-order valence-electron chi connectivity index (χ3n) is 5.46. The molecule has 39 heavy (non-hydrogen) atoms. The third kappa shape index (κ3) is 6.79. The Balaban J connectivity index is 1.76. The minimum absolute atomic E-state index is 0.0824. The Bertz CT molecular complexity index is 1510. The highest BCUT2D eigenvalue weighted by Gasteiger charge is 2.39. The number of hydrogen-bond donors (Lipinski definition) is 3. The van der Waals surface area contributed by atoms with Gasteiger partial charge in [0.2, 0.25) is 5.95 Å². The lowest BCUT2D eigenvalue weighted by atomic mass is 10.1. The molecule has 0 saturated carbocycles. The fourth-order valence-electron chi connectivity index (χ4n) is 3.55. The van der Waals surface area contributed by atoms with Crippen LogP contribution in [0.2, 0.25) is 10.0 Å². The molecule has 0 bridgehead atoms. The van der Waals surface area contributed by atoms with Crippen LogP contribution in [0.1, 0.15) is 19.7 Å². The quantitative estimate of drug-likeness (QED) is 0.273. The Kier molecular flexibility index (Phi) is 8.07. The standard InChI is InChI=1S/C24H24Cl2F3N7O3/c1-23(2,39)13-30-21-31-19(32-36(21)17-6-4-3-5-16(17)26)12-35-22(38)34(11-18(37)24(27,28)29)20(33-35)14-7-9-15(25)10-8-14/h3-10,18,37,39H,11-13H2,1-2H3,(H,30,31,32)/t18-/m0/s1. The molecule has 0 saturated heterocycles. The van der Waals surface area contributed by atoms with E-state index < -0.39 is 30.1 Å². The molecule has 0 unspecified atom stereocenters. The molecule has 0 aliphatic carbocycles. The number of rotatable bonds is 9. The van der Waals surface area contributed by atoms with Gasteiger partial charge in [0.15, 0.2) is 17.8 Å². The van der Waals surface area contributed by atoms with Crippen LogP contribution in [-0.4, -0.2) is 63.8 Å². The average Bonchev–Trinajstić information content (AvgIpc) is 3.39. The Labute approximate surface area is 230 Å². The summed E-state index contributed by atoms with van der Waals surface area (Å²) in [6.07, 6.45) is -7.75. The van der Waals surface area contributed by atoms with Crippen LogP contribution in [0.4, 0.5) is 19.1 Å². The summed E-state index contributed by atoms with van der Waals surface area (Å²) in [5.74, 6) is 0.183. The fourth-order valence-corrected chi connectivity index (χ4v) is 3.90. The highest BCUT2D eigenvalue weighted by molar-refractivity contribution is 6.32. The number of nitrogens with one attached hydrogen (secondary N) is 1. The Morgan fingerprint density at radius 2 is 1.72 bits per heavy atom. The summed E-state index contributed by atoms with van der Waals surface area (Å²) in [7, 11) is 0. The summed E-state index contributed by atoms with van der Waals surface area (Å²) in [6, 6.07) is 12.8. The maximum Gasteiger partial charge on any atom is 0.416 e. The van der Waals surface area contributed by atoms with Crippen molar-refractivity contribution in [3.63, 3.8) is 0 Å². The molecule has 208 valence electrons. The van der Waals surface area contributed by atoms with Crippen LogP contribution in [0, 0.1) is 0 Å². The van der Waals surface area contributed by atoms with E-state index in [1.165, 1.54) is 28.9 Å². The minimum atomic E-state index is -4.95. The fraction of sp³-hybridized carbons (Fsp3) is 0.333. The van der Waals surface area contributed by atoms with Crippen LogP contribution in [0.25, 0.3) is 17.1 Å². The van der Waals surface area contributed by atoms with Crippen LogP contribution >= 0.6 is 23.2 Å². The second-order valence-corrected chi connectivity index (χ2v) is 10.2. The van der Waals surface area contributed by atoms with Gasteiger partial charge in [-0.2, -0.15) is 22.8 Å². The molecule has 0 aliphatic heterocycles. The monoisotopic (exact) mass is 585 g/mol. The van der Waals surface area contributed by atoms with Gasteiger partial charge in [0.1, 0.15) is 6.54 Å². The summed E-state index contributed by atoms with van der Waals surface area (Å²) < 4.78 is 42.4. The molecule has 15 heteroatoms. The van der Waals surface area contributed by atoms with E-state index in [9.17, 15) is 28.2 Å². The number of halogens is 5. The van der Waals surface area contributed by atoms with Gasteiger partial charge in [-0.15, -0.1) is 10.2 Å². The number of aliphatic hydroxyl groups is 2. The molecule has 1 atom stereocenters. The lowest BCUT2D eigenvalue weighted by molar-refractivity contribution is -0.207. The topological polar surface area (TPSA) is 123 Å². The summed E-state index contributed by atoms with van der Waals surface area (Å²) >= 11 is 12.3. The van der Waals surface area contributed by atoms with Crippen LogP contribution in [0.15, 0.2) is 53.3 Å². The number of para-hydroxylation sites is 1. The first kappa shape index (κ1) is 28.6. The lowest BCUT2D eigenvalue weighted by Crippen LogP contribution is -2.37. The van der Waals surface area contributed by atoms with E-state index in [1.54, 1.807) is 38.1 Å². The van der Waals surface area contributed by atoms with E-state index in [-0.39, 0.29) is 30.7 Å². The van der Waals surface area contributed by atoms with Gasteiger partial charge in [-0.05, 0) is 50.2 Å². The summed E-state index contributed by atoms with van der Waals surface area (Å²) in [5, 5.41) is 32.2. The lowest BCUT2D eigenvalue weighted by Gasteiger charge is -2.18. The number of aliphatic hydroxyl groups excluding tert-OH is 1. The molecule has 0 radical (unpaired) electrons. The number of hydrogen-bond acceptors (Lipinski definition) is 7. The highest BCUT2D eigenvalue weighted by Crippen LogP contribution is 2.25. The molecule has 2 aromatic heterocycles.